The zero-order chi connectivity index (χ0) is 20.3. The second-order valence-electron chi connectivity index (χ2n) is 6.23. The number of carbonyl (C=O) groups is 1. The number of rotatable bonds is 4. The van der Waals surface area contributed by atoms with Crippen LogP contribution in [-0.2, 0) is 4.79 Å². The molecule has 142 valence electrons. The molecule has 1 aromatic heterocycles. The Balaban J connectivity index is 1.89. The Labute approximate surface area is 163 Å². The highest BCUT2D eigenvalue weighted by Crippen LogP contribution is 2.19. The predicted molar refractivity (Wildman–Crippen MR) is 110 cm³/mol. The van der Waals surface area contributed by atoms with Crippen molar-refractivity contribution in [3.63, 3.8) is 0 Å². The number of nitro benzene ring substituents is 1. The van der Waals surface area contributed by atoms with E-state index >= 15 is 0 Å². The molecule has 0 aliphatic rings. The topological polar surface area (TPSA) is 105 Å². The van der Waals surface area contributed by atoms with E-state index in [1.807, 2.05) is 19.1 Å². The Morgan fingerprint density at radius 1 is 1.18 bits per heavy atom. The van der Waals surface area contributed by atoms with Crippen molar-refractivity contribution in [2.24, 2.45) is 0 Å². The molecule has 28 heavy (non-hydrogen) atoms. The number of aryl methyl sites for hydroxylation is 2. The van der Waals surface area contributed by atoms with Crippen LogP contribution in [0.2, 0.25) is 0 Å². The van der Waals surface area contributed by atoms with E-state index in [0.29, 0.717) is 26.0 Å². The summed E-state index contributed by atoms with van der Waals surface area (Å²) in [5.74, 6) is -0.362. The van der Waals surface area contributed by atoms with Gasteiger partial charge in [-0.25, -0.2) is 0 Å². The largest absolute Gasteiger partial charge is 0.322 e. The molecule has 1 amide bonds. The molecule has 7 nitrogen and oxygen atoms in total. The van der Waals surface area contributed by atoms with E-state index in [1.54, 1.807) is 37.3 Å². The third-order valence-corrected chi connectivity index (χ3v) is 4.95. The second-order valence-corrected chi connectivity index (χ2v) is 7.32. The quantitative estimate of drug-likeness (QED) is 0.522. The van der Waals surface area contributed by atoms with Crippen molar-refractivity contribution in [3.05, 3.63) is 88.8 Å². The van der Waals surface area contributed by atoms with Crippen LogP contribution in [-0.4, -0.2) is 15.8 Å². The summed E-state index contributed by atoms with van der Waals surface area (Å²) in [6.45, 7) is 3.61. The van der Waals surface area contributed by atoms with E-state index in [4.69, 9.17) is 0 Å². The number of nitrogens with one attached hydrogen (secondary N) is 2. The number of hydrogen-bond acceptors (Lipinski definition) is 5. The summed E-state index contributed by atoms with van der Waals surface area (Å²) in [5, 5.41) is 13.8. The smallest absolute Gasteiger partial charge is 0.272 e. The Kier molecular flexibility index (Phi) is 5.51. The Hall–Kier alpha value is -3.52. The molecule has 1 heterocycles. The number of aromatic amines is 1. The molecule has 3 rings (SSSR count). The van der Waals surface area contributed by atoms with E-state index in [-0.39, 0.29) is 17.2 Å². The highest BCUT2D eigenvalue weighted by Gasteiger charge is 2.10. The zero-order valence-electron chi connectivity index (χ0n) is 15.2. The van der Waals surface area contributed by atoms with Gasteiger partial charge in [0, 0.05) is 23.4 Å². The molecule has 0 aliphatic carbocycles. The number of amides is 1. The number of anilines is 1. The first-order valence-corrected chi connectivity index (χ1v) is 9.19. The lowest BCUT2D eigenvalue weighted by Crippen LogP contribution is -2.20. The second kappa shape index (κ2) is 8.01. The first kappa shape index (κ1) is 19.2. The first-order valence-electron chi connectivity index (χ1n) is 8.37. The van der Waals surface area contributed by atoms with Crippen molar-refractivity contribution in [2.75, 3.05) is 5.32 Å². The highest BCUT2D eigenvalue weighted by atomic mass is 32.1. The third kappa shape index (κ3) is 4.60. The molecule has 0 fully saturated rings. The average Bonchev–Trinajstić information content (AvgIpc) is 2.97. The maximum absolute atomic E-state index is 12.1. The van der Waals surface area contributed by atoms with Crippen LogP contribution in [0.3, 0.4) is 0 Å². The first-order chi connectivity index (χ1) is 13.3. The van der Waals surface area contributed by atoms with Gasteiger partial charge in [-0.05, 0) is 37.6 Å². The normalized spacial score (nSPS) is 12.2. The number of nitro groups is 1. The van der Waals surface area contributed by atoms with Crippen LogP contribution in [0.1, 0.15) is 16.7 Å². The van der Waals surface area contributed by atoms with Crippen LogP contribution >= 0.6 is 11.3 Å². The fourth-order valence-electron chi connectivity index (χ4n) is 2.52. The molecule has 0 bridgehead atoms. The van der Waals surface area contributed by atoms with Crippen LogP contribution in [0.15, 0.2) is 47.3 Å². The van der Waals surface area contributed by atoms with Crippen molar-refractivity contribution < 1.29 is 9.72 Å². The van der Waals surface area contributed by atoms with Gasteiger partial charge in [0.15, 0.2) is 0 Å². The minimum atomic E-state index is -0.458. The van der Waals surface area contributed by atoms with Crippen LogP contribution in [0.5, 0.6) is 0 Å². The van der Waals surface area contributed by atoms with Crippen molar-refractivity contribution in [1.82, 2.24) is 4.98 Å². The minimum Gasteiger partial charge on any atom is -0.322 e. The Bertz CT molecular complexity index is 1220. The average molecular weight is 395 g/mol. The maximum Gasteiger partial charge on any atom is 0.272 e. The van der Waals surface area contributed by atoms with Gasteiger partial charge >= 0.3 is 0 Å². The fourth-order valence-corrected chi connectivity index (χ4v) is 3.41. The van der Waals surface area contributed by atoms with Crippen molar-refractivity contribution in [1.29, 1.82) is 0 Å². The molecule has 0 saturated carbocycles. The maximum atomic E-state index is 12.1. The predicted octanol–water partition coefficient (Wildman–Crippen LogP) is 2.21. The van der Waals surface area contributed by atoms with Crippen LogP contribution in [0.4, 0.5) is 11.4 Å². The monoisotopic (exact) mass is 395 g/mol. The molecule has 0 atom stereocenters. The Morgan fingerprint density at radius 2 is 1.89 bits per heavy atom. The van der Waals surface area contributed by atoms with Crippen molar-refractivity contribution >= 4 is 40.8 Å². The molecule has 0 unspecified atom stereocenters. The molecule has 2 aromatic carbocycles. The molecule has 0 saturated heterocycles. The standard InChI is InChI=1S/C20H17N3O4S/c1-12-3-7-15(8-4-12)21-18(24)11-19-22-20(25)17(28-19)10-14-6-5-13(2)16(9-14)23(26)27/h3-11H,1-2H3,(H,21,24)(H,22,25). The summed E-state index contributed by atoms with van der Waals surface area (Å²) in [4.78, 5) is 37.5. The van der Waals surface area contributed by atoms with E-state index in [2.05, 4.69) is 10.3 Å². The number of H-pyrrole nitrogens is 1. The molecule has 3 aromatic rings. The SMILES string of the molecule is Cc1ccc(NC(=O)C=c2[nH]c(=O)c(=Cc3ccc(C)c([N+](=O)[O-])c3)s2)cc1. The highest BCUT2D eigenvalue weighted by molar-refractivity contribution is 7.07. The molecule has 0 spiro atoms. The van der Waals surface area contributed by atoms with Crippen LogP contribution in [0.25, 0.3) is 12.2 Å². The molecule has 0 aliphatic heterocycles. The molecular formula is C20H17N3O4S. The molecule has 8 heteroatoms. The van der Waals surface area contributed by atoms with Crippen LogP contribution < -0.4 is 20.1 Å². The number of benzene rings is 2. The van der Waals surface area contributed by atoms with Gasteiger partial charge in [-0.1, -0.05) is 29.8 Å². The lowest BCUT2D eigenvalue weighted by atomic mass is 10.1. The number of hydrogen-bond donors (Lipinski definition) is 2. The summed E-state index contributed by atoms with van der Waals surface area (Å²) < 4.78 is 0.745. The minimum absolute atomic E-state index is 0.00834. The number of thiazole rings is 1. The molecule has 0 radical (unpaired) electrons. The summed E-state index contributed by atoms with van der Waals surface area (Å²) in [6, 6.07) is 12.1. The van der Waals surface area contributed by atoms with Crippen LogP contribution in [0, 0.1) is 24.0 Å². The number of nitrogens with zero attached hydrogens (tertiary/aromatic N) is 1. The van der Waals surface area contributed by atoms with E-state index in [9.17, 15) is 19.7 Å². The zero-order valence-corrected chi connectivity index (χ0v) is 16.0. The van der Waals surface area contributed by atoms with Gasteiger partial charge in [0.25, 0.3) is 17.2 Å². The number of aromatic nitrogens is 1. The van der Waals surface area contributed by atoms with Crippen molar-refractivity contribution in [2.45, 2.75) is 13.8 Å². The summed E-state index contributed by atoms with van der Waals surface area (Å²) in [7, 11) is 0. The van der Waals surface area contributed by atoms with E-state index in [1.165, 1.54) is 12.1 Å². The van der Waals surface area contributed by atoms with Gasteiger partial charge in [0.2, 0.25) is 0 Å². The summed E-state index contributed by atoms with van der Waals surface area (Å²) in [6.07, 6.45) is 2.87. The van der Waals surface area contributed by atoms with Gasteiger partial charge in [-0.2, -0.15) is 0 Å². The summed E-state index contributed by atoms with van der Waals surface area (Å²) in [5.41, 5.74) is 2.46. The van der Waals surface area contributed by atoms with E-state index < -0.39 is 4.92 Å². The fraction of sp³-hybridized carbons (Fsp3) is 0.100. The van der Waals surface area contributed by atoms with E-state index in [0.717, 1.165) is 16.9 Å². The van der Waals surface area contributed by atoms with Gasteiger partial charge in [0.05, 0.1) is 9.46 Å². The van der Waals surface area contributed by atoms with Crippen molar-refractivity contribution in [3.8, 4) is 0 Å². The lowest BCUT2D eigenvalue weighted by Gasteiger charge is -2.01. The molecular weight excluding hydrogens is 378 g/mol. The number of carbonyl (C=O) groups excluding carboxylic acids is 1. The Morgan fingerprint density at radius 3 is 2.57 bits per heavy atom. The van der Waals surface area contributed by atoms with Gasteiger partial charge in [-0.3, -0.25) is 19.7 Å². The van der Waals surface area contributed by atoms with Gasteiger partial charge in [0.1, 0.15) is 4.66 Å². The molecule has 2 N–H and O–H groups in total. The third-order valence-electron chi connectivity index (χ3n) is 3.99. The lowest BCUT2D eigenvalue weighted by molar-refractivity contribution is -0.385. The van der Waals surface area contributed by atoms with Gasteiger partial charge in [-0.15, -0.1) is 11.3 Å². The van der Waals surface area contributed by atoms with Gasteiger partial charge < -0.3 is 10.3 Å². The summed E-state index contributed by atoms with van der Waals surface area (Å²) >= 11 is 1.10.